The van der Waals surface area contributed by atoms with Gasteiger partial charge < -0.3 is 5.73 Å². The van der Waals surface area contributed by atoms with Crippen molar-refractivity contribution in [2.24, 2.45) is 10.8 Å². The molecule has 4 rings (SSSR count). The van der Waals surface area contributed by atoms with Crippen LogP contribution >= 0.6 is 23.8 Å². The molecule has 0 bridgehead atoms. The van der Waals surface area contributed by atoms with E-state index in [9.17, 15) is 0 Å². The van der Waals surface area contributed by atoms with Crippen LogP contribution in [0.4, 0.5) is 0 Å². The van der Waals surface area contributed by atoms with E-state index >= 15 is 0 Å². The third-order valence-electron chi connectivity index (χ3n) is 4.84. The van der Waals surface area contributed by atoms with Gasteiger partial charge in [-0.05, 0) is 55.9 Å². The zero-order valence-corrected chi connectivity index (χ0v) is 17.1. The van der Waals surface area contributed by atoms with Gasteiger partial charge in [-0.3, -0.25) is 0 Å². The van der Waals surface area contributed by atoms with Crippen LogP contribution in [0, 0.1) is 13.8 Å². The number of halogens is 1. The summed E-state index contributed by atoms with van der Waals surface area (Å²) in [5.74, 6) is 0. The van der Waals surface area contributed by atoms with Gasteiger partial charge in [0, 0.05) is 11.4 Å². The highest BCUT2D eigenvalue weighted by Crippen LogP contribution is 2.33. The largest absolute Gasteiger partial charge is 0.375 e. The van der Waals surface area contributed by atoms with Gasteiger partial charge >= 0.3 is 0 Å². The molecule has 2 aromatic carbocycles. The Bertz CT molecular complexity index is 1060. The molecule has 8 heteroatoms. The van der Waals surface area contributed by atoms with Gasteiger partial charge in [-0.2, -0.15) is 5.10 Å². The molecule has 142 valence electrons. The second kappa shape index (κ2) is 7.33. The van der Waals surface area contributed by atoms with Crippen LogP contribution in [0.1, 0.15) is 35.0 Å². The molecule has 2 heterocycles. The molecular weight excluding hydrogens is 392 g/mol. The number of nitrogens with zero attached hydrogens (tertiary/aromatic N) is 5. The second-order valence-corrected chi connectivity index (χ2v) is 7.63. The van der Waals surface area contributed by atoms with Crippen molar-refractivity contribution in [2.45, 2.75) is 26.3 Å². The SMILES string of the molecule is Cc1ccc(-n2nnc(C3=NN(C(N)=S)[C@@H](c4ccc(Cl)cc4)C3)c2C)cc1. The van der Waals surface area contributed by atoms with E-state index in [0.29, 0.717) is 11.4 Å². The molecule has 0 aliphatic carbocycles. The topological polar surface area (TPSA) is 72.3 Å². The molecule has 0 radical (unpaired) electrons. The van der Waals surface area contributed by atoms with Crippen molar-refractivity contribution in [3.05, 3.63) is 76.1 Å². The number of aryl methyl sites for hydroxylation is 1. The zero-order chi connectivity index (χ0) is 19.8. The fourth-order valence-electron chi connectivity index (χ4n) is 3.33. The Labute approximate surface area is 173 Å². The minimum absolute atomic E-state index is 0.0892. The maximum absolute atomic E-state index is 6.02. The Morgan fingerprint density at radius 1 is 1.11 bits per heavy atom. The third-order valence-corrected chi connectivity index (χ3v) is 5.28. The molecule has 0 saturated carbocycles. The summed E-state index contributed by atoms with van der Waals surface area (Å²) in [6.07, 6.45) is 0.631. The van der Waals surface area contributed by atoms with Crippen LogP contribution in [-0.2, 0) is 0 Å². The highest BCUT2D eigenvalue weighted by Gasteiger charge is 2.32. The average molecular weight is 411 g/mol. The maximum Gasteiger partial charge on any atom is 0.187 e. The summed E-state index contributed by atoms with van der Waals surface area (Å²) in [5.41, 5.74) is 11.6. The van der Waals surface area contributed by atoms with Crippen LogP contribution in [0.15, 0.2) is 53.6 Å². The van der Waals surface area contributed by atoms with E-state index in [1.54, 1.807) is 5.01 Å². The monoisotopic (exact) mass is 410 g/mol. The summed E-state index contributed by atoms with van der Waals surface area (Å²) >= 11 is 11.2. The van der Waals surface area contributed by atoms with Gasteiger partial charge in [0.25, 0.3) is 0 Å². The van der Waals surface area contributed by atoms with E-state index in [2.05, 4.69) is 22.3 Å². The Kier molecular flexibility index (Phi) is 4.87. The predicted molar refractivity (Wildman–Crippen MR) is 115 cm³/mol. The summed E-state index contributed by atoms with van der Waals surface area (Å²) < 4.78 is 1.82. The number of nitrogens with two attached hydrogens (primary N) is 1. The Morgan fingerprint density at radius 2 is 1.79 bits per heavy atom. The van der Waals surface area contributed by atoms with E-state index in [1.807, 2.05) is 60.1 Å². The first-order chi connectivity index (χ1) is 13.4. The number of aromatic nitrogens is 3. The highest BCUT2D eigenvalue weighted by molar-refractivity contribution is 7.80. The van der Waals surface area contributed by atoms with E-state index in [-0.39, 0.29) is 11.2 Å². The lowest BCUT2D eigenvalue weighted by Gasteiger charge is -2.21. The molecule has 0 amide bonds. The summed E-state index contributed by atoms with van der Waals surface area (Å²) in [6.45, 7) is 4.04. The van der Waals surface area contributed by atoms with E-state index < -0.39 is 0 Å². The molecule has 2 N–H and O–H groups in total. The number of hydrazone groups is 1. The van der Waals surface area contributed by atoms with Gasteiger partial charge in [0.05, 0.1) is 23.1 Å². The smallest absolute Gasteiger partial charge is 0.187 e. The number of benzene rings is 2. The molecular formula is C20H19ClN6S. The fourth-order valence-corrected chi connectivity index (χ4v) is 3.62. The van der Waals surface area contributed by atoms with Crippen molar-refractivity contribution in [3.8, 4) is 5.69 Å². The number of thiocarbonyl (C=S) groups is 1. The second-order valence-electron chi connectivity index (χ2n) is 6.77. The quantitative estimate of drug-likeness (QED) is 0.662. The Hall–Kier alpha value is -2.77. The van der Waals surface area contributed by atoms with Crippen molar-refractivity contribution in [1.29, 1.82) is 0 Å². The van der Waals surface area contributed by atoms with Crippen molar-refractivity contribution < 1.29 is 0 Å². The molecule has 1 aromatic heterocycles. The predicted octanol–water partition coefficient (Wildman–Crippen LogP) is 3.93. The van der Waals surface area contributed by atoms with Gasteiger partial charge in [0.15, 0.2) is 5.11 Å². The van der Waals surface area contributed by atoms with Crippen molar-refractivity contribution in [2.75, 3.05) is 0 Å². The molecule has 0 spiro atoms. The molecule has 1 aliphatic heterocycles. The molecule has 3 aromatic rings. The first-order valence-electron chi connectivity index (χ1n) is 8.85. The molecule has 0 saturated heterocycles. The van der Waals surface area contributed by atoms with E-state index in [0.717, 1.165) is 28.4 Å². The maximum atomic E-state index is 6.02. The highest BCUT2D eigenvalue weighted by atomic mass is 35.5. The summed E-state index contributed by atoms with van der Waals surface area (Å²) in [4.78, 5) is 0. The van der Waals surface area contributed by atoms with Crippen LogP contribution < -0.4 is 5.73 Å². The molecule has 0 fully saturated rings. The lowest BCUT2D eigenvalue weighted by Crippen LogP contribution is -2.31. The van der Waals surface area contributed by atoms with E-state index in [1.165, 1.54) is 5.56 Å². The first kappa shape index (κ1) is 18.6. The number of rotatable bonds is 3. The van der Waals surface area contributed by atoms with Crippen molar-refractivity contribution in [3.63, 3.8) is 0 Å². The third kappa shape index (κ3) is 3.39. The zero-order valence-electron chi connectivity index (χ0n) is 15.5. The van der Waals surface area contributed by atoms with Crippen LogP contribution in [0.2, 0.25) is 5.02 Å². The van der Waals surface area contributed by atoms with Gasteiger partial charge in [0.1, 0.15) is 5.69 Å². The minimum Gasteiger partial charge on any atom is -0.375 e. The van der Waals surface area contributed by atoms with Gasteiger partial charge in [-0.25, -0.2) is 9.69 Å². The van der Waals surface area contributed by atoms with Crippen molar-refractivity contribution >= 4 is 34.6 Å². The number of hydrogen-bond acceptors (Lipinski definition) is 4. The molecule has 28 heavy (non-hydrogen) atoms. The lowest BCUT2D eigenvalue weighted by molar-refractivity contribution is 0.373. The van der Waals surface area contributed by atoms with Crippen LogP contribution in [0.5, 0.6) is 0 Å². The summed E-state index contributed by atoms with van der Waals surface area (Å²) in [5, 5.41) is 15.9. The fraction of sp³-hybridized carbons (Fsp3) is 0.200. The van der Waals surface area contributed by atoms with Crippen LogP contribution in [-0.4, -0.2) is 30.8 Å². The first-order valence-corrected chi connectivity index (χ1v) is 9.64. The minimum atomic E-state index is -0.0892. The normalized spacial score (nSPS) is 16.3. The van der Waals surface area contributed by atoms with Crippen molar-refractivity contribution in [1.82, 2.24) is 20.0 Å². The van der Waals surface area contributed by atoms with Gasteiger partial charge in [0.2, 0.25) is 0 Å². The van der Waals surface area contributed by atoms with Gasteiger partial charge in [-0.15, -0.1) is 5.10 Å². The van der Waals surface area contributed by atoms with Crippen LogP contribution in [0.25, 0.3) is 5.69 Å². The molecule has 0 unspecified atom stereocenters. The average Bonchev–Trinajstić information content (AvgIpc) is 3.27. The molecule has 1 aliphatic rings. The summed E-state index contributed by atoms with van der Waals surface area (Å²) in [7, 11) is 0. The Morgan fingerprint density at radius 3 is 2.43 bits per heavy atom. The molecule has 1 atom stereocenters. The summed E-state index contributed by atoms with van der Waals surface area (Å²) in [6, 6.07) is 15.7. The Balaban J connectivity index is 1.68. The number of hydrogen-bond donors (Lipinski definition) is 1. The molecule has 6 nitrogen and oxygen atoms in total. The standard InChI is InChI=1S/C20H19ClN6S/c1-12-3-9-16(10-4-12)26-13(2)19(23-25-26)17-11-18(27(24-17)20(22)28)14-5-7-15(21)8-6-14/h3-10,18H,11H2,1-2H3,(H2,22,28)/t18-/m1/s1. The van der Waals surface area contributed by atoms with Gasteiger partial charge in [-0.1, -0.05) is 46.6 Å². The van der Waals surface area contributed by atoms with E-state index in [4.69, 9.17) is 29.6 Å². The lowest BCUT2D eigenvalue weighted by atomic mass is 10.0. The van der Waals surface area contributed by atoms with Crippen LogP contribution in [0.3, 0.4) is 0 Å².